The highest BCUT2D eigenvalue weighted by atomic mass is 79.9. The molecule has 2 N–H and O–H groups in total. The number of hydrogen-bond acceptors (Lipinski definition) is 4. The predicted octanol–water partition coefficient (Wildman–Crippen LogP) is 1.98. The zero-order valence-corrected chi connectivity index (χ0v) is 13.7. The number of aromatic amines is 1. The van der Waals surface area contributed by atoms with Crippen LogP contribution in [0.15, 0.2) is 27.8 Å². The first kappa shape index (κ1) is 15.1. The minimum absolute atomic E-state index is 0.0721. The first-order chi connectivity index (χ1) is 10.4. The van der Waals surface area contributed by atoms with E-state index in [2.05, 4.69) is 26.2 Å². The van der Waals surface area contributed by atoms with Crippen LogP contribution in [0.4, 0.5) is 15.9 Å². The highest BCUT2D eigenvalue weighted by Crippen LogP contribution is 2.34. The van der Waals surface area contributed by atoms with Crippen molar-refractivity contribution in [3.63, 3.8) is 0 Å². The smallest absolute Gasteiger partial charge is 0.329 e. The van der Waals surface area contributed by atoms with Crippen molar-refractivity contribution >= 4 is 39.0 Å². The summed E-state index contributed by atoms with van der Waals surface area (Å²) >= 11 is 9.40. The van der Waals surface area contributed by atoms with Crippen molar-refractivity contribution < 1.29 is 4.39 Å². The molecular weight excluding hydrogens is 379 g/mol. The zero-order chi connectivity index (χ0) is 16.0. The number of fused-ring (bicyclic) bond motifs is 1. The summed E-state index contributed by atoms with van der Waals surface area (Å²) in [6, 6.07) is 4.40. The molecule has 0 saturated carbocycles. The number of hydrogen-bond donors (Lipinski definition) is 2. The lowest BCUT2D eigenvalue weighted by atomic mass is 10.2. The number of alkyl halides is 1. The largest absolute Gasteiger partial charge is 0.340 e. The standard InChI is InChI=1S/C13H11BrClFN4O2/c1-19-10-9(11(21)18-13(19)22)20(12(14)17-10)5-6-7(15)3-2-4-8(6)16/h2-4,12,17H,5H2,1H3,(H,18,21,22). The Hall–Kier alpha value is -1.80. The lowest BCUT2D eigenvalue weighted by Gasteiger charge is -2.22. The summed E-state index contributed by atoms with van der Waals surface area (Å²) in [5, 5.41) is 2.78. The van der Waals surface area contributed by atoms with Crippen LogP contribution in [0.2, 0.25) is 5.02 Å². The van der Waals surface area contributed by atoms with Crippen LogP contribution in [0.25, 0.3) is 0 Å². The summed E-state index contributed by atoms with van der Waals surface area (Å²) < 4.78 is 15.2. The van der Waals surface area contributed by atoms with Gasteiger partial charge in [-0.15, -0.1) is 0 Å². The zero-order valence-electron chi connectivity index (χ0n) is 11.4. The molecule has 2 aromatic rings. The summed E-state index contributed by atoms with van der Waals surface area (Å²) in [4.78, 5) is 27.6. The van der Waals surface area contributed by atoms with Crippen molar-refractivity contribution in [2.24, 2.45) is 7.05 Å². The number of benzene rings is 1. The number of aromatic nitrogens is 2. The van der Waals surface area contributed by atoms with Crippen LogP contribution in [0, 0.1) is 5.82 Å². The number of halogens is 3. The van der Waals surface area contributed by atoms with E-state index in [1.807, 2.05) is 0 Å². The van der Waals surface area contributed by atoms with Crippen molar-refractivity contribution in [2.75, 3.05) is 10.2 Å². The fraction of sp³-hybridized carbons (Fsp3) is 0.231. The predicted molar refractivity (Wildman–Crippen MR) is 86.2 cm³/mol. The molecule has 1 atom stereocenters. The summed E-state index contributed by atoms with van der Waals surface area (Å²) in [7, 11) is 1.53. The minimum Gasteiger partial charge on any atom is -0.340 e. The fourth-order valence-corrected chi connectivity index (χ4v) is 3.15. The average molecular weight is 390 g/mol. The second-order valence-electron chi connectivity index (χ2n) is 4.82. The third-order valence-corrected chi connectivity index (χ3v) is 4.58. The second kappa shape index (κ2) is 5.44. The van der Waals surface area contributed by atoms with E-state index in [0.29, 0.717) is 5.82 Å². The quantitative estimate of drug-likeness (QED) is 0.609. The van der Waals surface area contributed by atoms with Gasteiger partial charge in [-0.25, -0.2) is 9.18 Å². The lowest BCUT2D eigenvalue weighted by Crippen LogP contribution is -2.34. The molecule has 3 rings (SSSR count). The van der Waals surface area contributed by atoms with Gasteiger partial charge in [0.05, 0.1) is 6.54 Å². The number of H-pyrrole nitrogens is 1. The topological polar surface area (TPSA) is 70.1 Å². The summed E-state index contributed by atoms with van der Waals surface area (Å²) in [5.41, 5.74) is -0.540. The number of anilines is 2. The van der Waals surface area contributed by atoms with Gasteiger partial charge in [-0.05, 0) is 28.1 Å². The molecule has 0 saturated heterocycles. The van der Waals surface area contributed by atoms with Crippen LogP contribution in [-0.2, 0) is 13.6 Å². The molecule has 0 radical (unpaired) electrons. The molecule has 0 aliphatic carbocycles. The van der Waals surface area contributed by atoms with E-state index in [1.54, 1.807) is 11.0 Å². The molecule has 0 fully saturated rings. The fourth-order valence-electron chi connectivity index (χ4n) is 2.36. The summed E-state index contributed by atoms with van der Waals surface area (Å²) in [5.74, 6) is -0.0926. The van der Waals surface area contributed by atoms with Crippen LogP contribution in [0.3, 0.4) is 0 Å². The number of nitrogens with zero attached hydrogens (tertiary/aromatic N) is 2. The molecule has 1 unspecified atom stereocenters. The van der Waals surface area contributed by atoms with Crippen molar-refractivity contribution in [1.82, 2.24) is 9.55 Å². The van der Waals surface area contributed by atoms with Gasteiger partial charge in [0, 0.05) is 17.6 Å². The first-order valence-corrected chi connectivity index (χ1v) is 7.63. The molecule has 1 aliphatic rings. The molecule has 0 amide bonds. The van der Waals surface area contributed by atoms with E-state index < -0.39 is 22.1 Å². The third-order valence-electron chi connectivity index (χ3n) is 3.51. The minimum atomic E-state index is -0.542. The Bertz CT molecular complexity index is 846. The van der Waals surface area contributed by atoms with Crippen molar-refractivity contribution in [2.45, 2.75) is 11.6 Å². The highest BCUT2D eigenvalue weighted by Gasteiger charge is 2.32. The van der Waals surface area contributed by atoms with E-state index in [1.165, 1.54) is 23.7 Å². The number of nitrogens with one attached hydrogen (secondary N) is 2. The Kier molecular flexibility index (Phi) is 3.73. The van der Waals surface area contributed by atoms with Gasteiger partial charge in [0.1, 0.15) is 17.3 Å². The van der Waals surface area contributed by atoms with E-state index in [-0.39, 0.29) is 22.8 Å². The molecule has 0 bridgehead atoms. The van der Waals surface area contributed by atoms with Gasteiger partial charge in [-0.2, -0.15) is 0 Å². The Morgan fingerprint density at radius 1 is 1.41 bits per heavy atom. The SMILES string of the molecule is Cn1c2c(c(=O)[nH]c1=O)N(Cc1c(F)cccc1Cl)C(Br)N2. The van der Waals surface area contributed by atoms with Crippen LogP contribution < -0.4 is 21.5 Å². The highest BCUT2D eigenvalue weighted by molar-refractivity contribution is 9.09. The van der Waals surface area contributed by atoms with Gasteiger partial charge in [0.2, 0.25) is 0 Å². The number of rotatable bonds is 2. The summed E-state index contributed by atoms with van der Waals surface area (Å²) in [6.45, 7) is 0.0721. The van der Waals surface area contributed by atoms with Crippen LogP contribution in [0.5, 0.6) is 0 Å². The Labute approximate surface area is 137 Å². The summed E-state index contributed by atoms with van der Waals surface area (Å²) in [6.07, 6.45) is 0. The van der Waals surface area contributed by atoms with Crippen LogP contribution in [-0.4, -0.2) is 14.6 Å². The van der Waals surface area contributed by atoms with Crippen LogP contribution in [0.1, 0.15) is 5.56 Å². The first-order valence-electron chi connectivity index (χ1n) is 6.33. The van der Waals surface area contributed by atoms with Gasteiger partial charge in [0.25, 0.3) is 5.56 Å². The average Bonchev–Trinajstić information content (AvgIpc) is 2.78. The van der Waals surface area contributed by atoms with E-state index in [9.17, 15) is 14.0 Å². The molecular formula is C13H11BrClFN4O2. The Morgan fingerprint density at radius 2 is 2.14 bits per heavy atom. The maximum absolute atomic E-state index is 14.0. The van der Waals surface area contributed by atoms with Crippen molar-refractivity contribution in [3.8, 4) is 0 Å². The van der Waals surface area contributed by atoms with Crippen LogP contribution >= 0.6 is 27.5 Å². The normalized spacial score (nSPS) is 16.5. The third kappa shape index (κ3) is 2.32. The molecule has 116 valence electrons. The maximum atomic E-state index is 14.0. The molecule has 9 heteroatoms. The van der Waals surface area contributed by atoms with Gasteiger partial charge in [-0.1, -0.05) is 17.7 Å². The molecule has 6 nitrogen and oxygen atoms in total. The molecule has 22 heavy (non-hydrogen) atoms. The second-order valence-corrected chi connectivity index (χ2v) is 6.10. The molecule has 1 aliphatic heterocycles. The Morgan fingerprint density at radius 3 is 2.82 bits per heavy atom. The molecule has 1 aromatic carbocycles. The van der Waals surface area contributed by atoms with Crippen molar-refractivity contribution in [3.05, 3.63) is 55.4 Å². The van der Waals surface area contributed by atoms with Gasteiger partial charge in [-0.3, -0.25) is 14.3 Å². The van der Waals surface area contributed by atoms with Crippen molar-refractivity contribution in [1.29, 1.82) is 0 Å². The Balaban J connectivity index is 2.10. The maximum Gasteiger partial charge on any atom is 0.329 e. The molecule has 0 spiro atoms. The van der Waals surface area contributed by atoms with Gasteiger partial charge >= 0.3 is 5.69 Å². The van der Waals surface area contributed by atoms with E-state index >= 15 is 0 Å². The lowest BCUT2D eigenvalue weighted by molar-refractivity contribution is 0.605. The molecule has 2 heterocycles. The van der Waals surface area contributed by atoms with E-state index in [0.717, 1.165) is 0 Å². The van der Waals surface area contributed by atoms with Gasteiger partial charge in [0.15, 0.2) is 5.08 Å². The monoisotopic (exact) mass is 388 g/mol. The molecule has 1 aromatic heterocycles. The van der Waals surface area contributed by atoms with E-state index in [4.69, 9.17) is 11.6 Å². The van der Waals surface area contributed by atoms with Gasteiger partial charge < -0.3 is 10.2 Å².